The summed E-state index contributed by atoms with van der Waals surface area (Å²) in [4.78, 5) is 2.39. The van der Waals surface area contributed by atoms with Crippen molar-refractivity contribution in [3.63, 3.8) is 0 Å². The molecule has 1 aromatic carbocycles. The number of hydrogen-bond donors (Lipinski definition) is 2. The second kappa shape index (κ2) is 6.04. The molecule has 1 saturated heterocycles. The Labute approximate surface area is 123 Å². The molecule has 20 heavy (non-hydrogen) atoms. The number of nitrogens with zero attached hydrogens (tertiary/aromatic N) is 1. The maximum atomic E-state index is 10.2. The van der Waals surface area contributed by atoms with E-state index < -0.39 is 0 Å². The Kier molecular flexibility index (Phi) is 4.59. The molecular formula is C17H28N2O. The van der Waals surface area contributed by atoms with Crippen LogP contribution in [0.3, 0.4) is 0 Å². The number of phenols is 1. The average molecular weight is 276 g/mol. The van der Waals surface area contributed by atoms with Crippen LogP contribution >= 0.6 is 0 Å². The highest BCUT2D eigenvalue weighted by Crippen LogP contribution is 2.37. The molecule has 0 bridgehead atoms. The summed E-state index contributed by atoms with van der Waals surface area (Å²) in [5.41, 5.74) is 2.61. The molecule has 1 fully saturated rings. The first kappa shape index (κ1) is 15.2. The fourth-order valence-electron chi connectivity index (χ4n) is 2.91. The predicted octanol–water partition coefficient (Wildman–Crippen LogP) is 3.69. The minimum Gasteiger partial charge on any atom is -0.508 e. The molecule has 2 N–H and O–H groups in total. The number of phenolic OH excluding ortho intramolecular Hbond substituents is 1. The highest BCUT2D eigenvalue weighted by molar-refractivity contribution is 5.54. The first-order valence-corrected chi connectivity index (χ1v) is 7.74. The molecule has 0 spiro atoms. The van der Waals surface area contributed by atoms with Gasteiger partial charge in [0.15, 0.2) is 0 Å². The van der Waals surface area contributed by atoms with Gasteiger partial charge in [-0.15, -0.1) is 0 Å². The van der Waals surface area contributed by atoms with Gasteiger partial charge >= 0.3 is 0 Å². The Morgan fingerprint density at radius 3 is 2.50 bits per heavy atom. The predicted molar refractivity (Wildman–Crippen MR) is 85.4 cm³/mol. The molecule has 0 amide bonds. The fourth-order valence-corrected chi connectivity index (χ4v) is 2.91. The zero-order valence-corrected chi connectivity index (χ0v) is 13.2. The summed E-state index contributed by atoms with van der Waals surface area (Å²) in [5, 5.41) is 13.4. The second-order valence-electron chi connectivity index (χ2n) is 6.40. The first-order chi connectivity index (χ1) is 9.49. The normalized spacial score (nSPS) is 19.9. The third-order valence-electron chi connectivity index (χ3n) is 5.10. The molecule has 1 unspecified atom stereocenters. The van der Waals surface area contributed by atoms with Crippen LogP contribution in [0, 0.1) is 5.41 Å². The topological polar surface area (TPSA) is 35.5 Å². The zero-order chi connectivity index (χ0) is 14.8. The third kappa shape index (κ3) is 3.09. The van der Waals surface area contributed by atoms with Gasteiger partial charge in [0.05, 0.1) is 0 Å². The third-order valence-corrected chi connectivity index (χ3v) is 5.10. The van der Waals surface area contributed by atoms with Crippen molar-refractivity contribution in [1.29, 1.82) is 0 Å². The van der Waals surface area contributed by atoms with Gasteiger partial charge in [-0.05, 0) is 38.3 Å². The molecule has 1 aliphatic rings. The van der Waals surface area contributed by atoms with Gasteiger partial charge in [0, 0.05) is 36.4 Å². The van der Waals surface area contributed by atoms with Gasteiger partial charge in [0.2, 0.25) is 0 Å². The summed E-state index contributed by atoms with van der Waals surface area (Å²) in [6.45, 7) is 8.91. The van der Waals surface area contributed by atoms with Crippen LogP contribution in [0.5, 0.6) is 5.75 Å². The van der Waals surface area contributed by atoms with E-state index in [0.717, 1.165) is 24.3 Å². The van der Waals surface area contributed by atoms with Crippen LogP contribution in [0.25, 0.3) is 0 Å². The number of aromatic hydroxyl groups is 1. The number of anilines is 1. The summed E-state index contributed by atoms with van der Waals surface area (Å²) >= 11 is 0. The molecule has 3 nitrogen and oxygen atoms in total. The Bertz CT molecular complexity index is 450. The van der Waals surface area contributed by atoms with E-state index in [9.17, 15) is 5.11 Å². The van der Waals surface area contributed by atoms with Gasteiger partial charge in [-0.2, -0.15) is 0 Å². The molecule has 112 valence electrons. The van der Waals surface area contributed by atoms with E-state index in [0.29, 0.717) is 11.2 Å². The van der Waals surface area contributed by atoms with E-state index in [2.05, 4.69) is 37.1 Å². The van der Waals surface area contributed by atoms with Crippen LogP contribution in [0.2, 0.25) is 0 Å². The molecule has 0 saturated carbocycles. The Morgan fingerprint density at radius 1 is 1.35 bits per heavy atom. The van der Waals surface area contributed by atoms with E-state index in [4.69, 9.17) is 0 Å². The minimum atomic E-state index is 0.175. The maximum absolute atomic E-state index is 10.2. The van der Waals surface area contributed by atoms with Crippen LogP contribution in [-0.2, 0) is 0 Å². The van der Waals surface area contributed by atoms with Crippen LogP contribution in [0.1, 0.15) is 51.6 Å². The number of rotatable bonds is 4. The number of hydrogen-bond acceptors (Lipinski definition) is 3. The smallest absolute Gasteiger partial charge is 0.122 e. The maximum Gasteiger partial charge on any atom is 0.122 e. The lowest BCUT2D eigenvalue weighted by Crippen LogP contribution is -2.38. The van der Waals surface area contributed by atoms with Gasteiger partial charge in [0.25, 0.3) is 0 Å². The number of nitrogens with one attached hydrogen (secondary N) is 1. The summed E-state index contributed by atoms with van der Waals surface area (Å²) < 4.78 is 0. The van der Waals surface area contributed by atoms with Crippen LogP contribution in [0.4, 0.5) is 5.69 Å². The largest absolute Gasteiger partial charge is 0.508 e. The summed E-state index contributed by atoms with van der Waals surface area (Å²) in [7, 11) is 1.91. The van der Waals surface area contributed by atoms with Crippen LogP contribution < -0.4 is 10.2 Å². The SMILES string of the molecule is CCC1(C)CCN(c2ccc(C(C)NC)c(O)c2)CC1. The molecule has 1 heterocycles. The molecule has 1 aromatic rings. The summed E-state index contributed by atoms with van der Waals surface area (Å²) in [5.74, 6) is 0.396. The van der Waals surface area contributed by atoms with Crippen molar-refractivity contribution >= 4 is 5.69 Å². The van der Waals surface area contributed by atoms with Crippen molar-refractivity contribution in [3.8, 4) is 5.75 Å². The molecule has 0 radical (unpaired) electrons. The van der Waals surface area contributed by atoms with Crippen LogP contribution in [-0.4, -0.2) is 25.2 Å². The summed E-state index contributed by atoms with van der Waals surface area (Å²) in [6, 6.07) is 6.27. The molecule has 1 atom stereocenters. The van der Waals surface area contributed by atoms with Crippen molar-refractivity contribution in [1.82, 2.24) is 5.32 Å². The van der Waals surface area contributed by atoms with Gasteiger partial charge in [-0.25, -0.2) is 0 Å². The van der Waals surface area contributed by atoms with Crippen LogP contribution in [0.15, 0.2) is 18.2 Å². The Hall–Kier alpha value is -1.22. The lowest BCUT2D eigenvalue weighted by atomic mass is 9.78. The monoisotopic (exact) mass is 276 g/mol. The minimum absolute atomic E-state index is 0.175. The molecule has 3 heteroatoms. The summed E-state index contributed by atoms with van der Waals surface area (Å²) in [6.07, 6.45) is 3.72. The Morgan fingerprint density at radius 2 is 2.00 bits per heavy atom. The van der Waals surface area contributed by atoms with Gasteiger partial charge < -0.3 is 15.3 Å². The zero-order valence-electron chi connectivity index (χ0n) is 13.2. The average Bonchev–Trinajstić information content (AvgIpc) is 2.47. The van der Waals surface area contributed by atoms with E-state index >= 15 is 0 Å². The highest BCUT2D eigenvalue weighted by Gasteiger charge is 2.28. The van der Waals surface area contributed by atoms with Gasteiger partial charge in [0.1, 0.15) is 5.75 Å². The van der Waals surface area contributed by atoms with Crippen molar-refractivity contribution in [2.24, 2.45) is 5.41 Å². The van der Waals surface area contributed by atoms with E-state index in [-0.39, 0.29) is 6.04 Å². The quantitative estimate of drug-likeness (QED) is 0.880. The second-order valence-corrected chi connectivity index (χ2v) is 6.40. The first-order valence-electron chi connectivity index (χ1n) is 7.74. The molecule has 1 aliphatic heterocycles. The van der Waals surface area contributed by atoms with Crippen molar-refractivity contribution in [2.45, 2.75) is 46.1 Å². The van der Waals surface area contributed by atoms with E-state index in [1.54, 1.807) is 0 Å². The fraction of sp³-hybridized carbons (Fsp3) is 0.647. The molecule has 0 aromatic heterocycles. The van der Waals surface area contributed by atoms with Gasteiger partial charge in [-0.3, -0.25) is 0 Å². The van der Waals surface area contributed by atoms with Gasteiger partial charge in [-0.1, -0.05) is 26.3 Å². The van der Waals surface area contributed by atoms with E-state index in [1.807, 2.05) is 19.2 Å². The molecule has 0 aliphatic carbocycles. The van der Waals surface area contributed by atoms with E-state index in [1.165, 1.54) is 19.3 Å². The standard InChI is InChI=1S/C17H28N2O/c1-5-17(3)8-10-19(11-9-17)14-6-7-15(13(2)18-4)16(20)12-14/h6-7,12-13,18,20H,5,8-11H2,1-4H3. The van der Waals surface area contributed by atoms with Crippen molar-refractivity contribution in [3.05, 3.63) is 23.8 Å². The lowest BCUT2D eigenvalue weighted by molar-refractivity contribution is 0.238. The Balaban J connectivity index is 2.10. The number of benzene rings is 1. The molecule has 2 rings (SSSR count). The lowest BCUT2D eigenvalue weighted by Gasteiger charge is -2.40. The highest BCUT2D eigenvalue weighted by atomic mass is 16.3. The van der Waals surface area contributed by atoms with Crippen molar-refractivity contribution < 1.29 is 5.11 Å². The van der Waals surface area contributed by atoms with Crippen molar-refractivity contribution in [2.75, 3.05) is 25.0 Å². The molecular weight excluding hydrogens is 248 g/mol. The number of piperidine rings is 1.